The van der Waals surface area contributed by atoms with E-state index in [2.05, 4.69) is 34.0 Å². The minimum absolute atomic E-state index is 0.0206. The molecule has 0 atom stereocenters. The molecule has 0 spiro atoms. The molecule has 0 aromatic rings. The van der Waals surface area contributed by atoms with Gasteiger partial charge in [0.2, 0.25) is 11.8 Å². The highest BCUT2D eigenvalue weighted by atomic mass is 16.5. The first-order valence-electron chi connectivity index (χ1n) is 9.70. The molecule has 0 aromatic carbocycles. The summed E-state index contributed by atoms with van der Waals surface area (Å²) in [6, 6.07) is 0.235. The highest BCUT2D eigenvalue weighted by molar-refractivity contribution is 5.85. The zero-order valence-electron chi connectivity index (χ0n) is 17.1. The molecule has 9 heteroatoms. The number of hydrogen-bond donors (Lipinski definition) is 1. The third-order valence-electron chi connectivity index (χ3n) is 4.68. The molecular weight excluding hydrogens is 348 g/mol. The van der Waals surface area contributed by atoms with Crippen molar-refractivity contribution in [2.45, 2.75) is 19.9 Å². The number of aliphatic imine (C=N–C) groups is 1. The molecule has 2 aliphatic rings. The molecule has 1 N–H and O–H groups in total. The molecule has 27 heavy (non-hydrogen) atoms. The van der Waals surface area contributed by atoms with Gasteiger partial charge in [-0.05, 0) is 13.8 Å². The molecule has 2 amide bonds. The Kier molecular flexibility index (Phi) is 8.30. The Hall–Kier alpha value is -1.87. The van der Waals surface area contributed by atoms with E-state index in [1.54, 1.807) is 19.0 Å². The fraction of sp³-hybridized carbons (Fsp3) is 0.833. The quantitative estimate of drug-likeness (QED) is 0.481. The van der Waals surface area contributed by atoms with Crippen LogP contribution < -0.4 is 5.32 Å². The Morgan fingerprint density at radius 1 is 1.04 bits per heavy atom. The van der Waals surface area contributed by atoms with E-state index in [4.69, 9.17) is 4.74 Å². The standard InChI is InChI=1S/C18H34N6O3/c1-15(2)20-18(19-13-16(25)21(3)4)24-7-5-22(6-8-24)14-17(26)23-9-11-27-12-10-23/h15H,5-14H2,1-4H3,(H,19,20). The van der Waals surface area contributed by atoms with Gasteiger partial charge in [0, 0.05) is 59.4 Å². The van der Waals surface area contributed by atoms with Crippen molar-refractivity contribution in [1.29, 1.82) is 0 Å². The van der Waals surface area contributed by atoms with E-state index in [9.17, 15) is 9.59 Å². The van der Waals surface area contributed by atoms with Gasteiger partial charge in [-0.1, -0.05) is 0 Å². The highest BCUT2D eigenvalue weighted by Gasteiger charge is 2.24. The number of likely N-dealkylation sites (N-methyl/N-ethyl adjacent to an activating group) is 1. The summed E-state index contributed by atoms with van der Waals surface area (Å²) in [6.07, 6.45) is 0. The Morgan fingerprint density at radius 2 is 1.67 bits per heavy atom. The second kappa shape index (κ2) is 10.5. The van der Waals surface area contributed by atoms with Crippen LogP contribution in [0.1, 0.15) is 13.8 Å². The molecule has 0 bridgehead atoms. The first kappa shape index (κ1) is 21.4. The summed E-state index contributed by atoms with van der Waals surface area (Å²) in [5.74, 6) is 0.921. The normalized spacial score (nSPS) is 19.4. The van der Waals surface area contributed by atoms with Gasteiger partial charge in [0.25, 0.3) is 0 Å². The number of nitrogens with one attached hydrogen (secondary N) is 1. The fourth-order valence-corrected chi connectivity index (χ4v) is 3.00. The van der Waals surface area contributed by atoms with E-state index in [0.29, 0.717) is 32.8 Å². The topological polar surface area (TPSA) is 80.7 Å². The van der Waals surface area contributed by atoms with Crippen LogP contribution in [-0.2, 0) is 14.3 Å². The molecule has 2 rings (SSSR count). The number of amides is 2. The van der Waals surface area contributed by atoms with Crippen molar-refractivity contribution in [3.8, 4) is 0 Å². The van der Waals surface area contributed by atoms with Crippen molar-refractivity contribution in [3.05, 3.63) is 0 Å². The number of carbonyl (C=O) groups excluding carboxylic acids is 2. The van der Waals surface area contributed by atoms with Crippen LogP contribution in [0.25, 0.3) is 0 Å². The van der Waals surface area contributed by atoms with Crippen LogP contribution in [0.15, 0.2) is 4.99 Å². The number of morpholine rings is 1. The summed E-state index contributed by atoms with van der Waals surface area (Å²) in [7, 11) is 3.47. The van der Waals surface area contributed by atoms with Gasteiger partial charge in [0.05, 0.1) is 19.8 Å². The lowest BCUT2D eigenvalue weighted by Gasteiger charge is -2.37. The van der Waals surface area contributed by atoms with Crippen molar-refractivity contribution in [3.63, 3.8) is 0 Å². The molecule has 2 fully saturated rings. The monoisotopic (exact) mass is 382 g/mol. The predicted octanol–water partition coefficient (Wildman–Crippen LogP) is -1.09. The van der Waals surface area contributed by atoms with E-state index in [0.717, 1.165) is 32.1 Å². The lowest BCUT2D eigenvalue weighted by Crippen LogP contribution is -2.55. The minimum Gasteiger partial charge on any atom is -0.378 e. The molecule has 0 radical (unpaired) electrons. The van der Waals surface area contributed by atoms with Gasteiger partial charge in [-0.3, -0.25) is 14.5 Å². The highest BCUT2D eigenvalue weighted by Crippen LogP contribution is 2.05. The van der Waals surface area contributed by atoms with E-state index in [1.807, 2.05) is 4.90 Å². The summed E-state index contributed by atoms with van der Waals surface area (Å²) in [6.45, 7) is 10.5. The van der Waals surface area contributed by atoms with Crippen LogP contribution in [0, 0.1) is 0 Å². The molecule has 0 aromatic heterocycles. The first-order chi connectivity index (χ1) is 12.9. The Morgan fingerprint density at radius 3 is 2.22 bits per heavy atom. The minimum atomic E-state index is -0.0206. The zero-order chi connectivity index (χ0) is 19.8. The van der Waals surface area contributed by atoms with Crippen molar-refractivity contribution in [1.82, 2.24) is 24.9 Å². The largest absolute Gasteiger partial charge is 0.378 e. The molecular formula is C18H34N6O3. The summed E-state index contributed by atoms with van der Waals surface area (Å²) in [5, 5.41) is 3.35. The van der Waals surface area contributed by atoms with E-state index < -0.39 is 0 Å². The third-order valence-corrected chi connectivity index (χ3v) is 4.68. The fourth-order valence-electron chi connectivity index (χ4n) is 3.00. The van der Waals surface area contributed by atoms with Gasteiger partial charge >= 0.3 is 0 Å². The lowest BCUT2D eigenvalue weighted by atomic mass is 10.3. The zero-order valence-corrected chi connectivity index (χ0v) is 17.1. The van der Waals surface area contributed by atoms with Gasteiger partial charge in [0.1, 0.15) is 6.54 Å². The van der Waals surface area contributed by atoms with Gasteiger partial charge in [0.15, 0.2) is 5.96 Å². The van der Waals surface area contributed by atoms with Crippen molar-refractivity contribution >= 4 is 17.8 Å². The van der Waals surface area contributed by atoms with Crippen molar-refractivity contribution in [2.24, 2.45) is 4.99 Å². The van der Waals surface area contributed by atoms with Gasteiger partial charge in [-0.15, -0.1) is 0 Å². The molecule has 154 valence electrons. The third kappa shape index (κ3) is 6.99. The number of carbonyl (C=O) groups is 2. The number of guanidine groups is 1. The van der Waals surface area contributed by atoms with E-state index in [-0.39, 0.29) is 24.4 Å². The van der Waals surface area contributed by atoms with E-state index >= 15 is 0 Å². The Labute approximate surface area is 162 Å². The Balaban J connectivity index is 1.85. The second-order valence-corrected chi connectivity index (χ2v) is 7.48. The number of nitrogens with zero attached hydrogens (tertiary/aromatic N) is 5. The maximum Gasteiger partial charge on any atom is 0.243 e. The summed E-state index contributed by atoms with van der Waals surface area (Å²) >= 11 is 0. The summed E-state index contributed by atoms with van der Waals surface area (Å²) in [5.41, 5.74) is 0. The number of rotatable bonds is 5. The molecule has 2 heterocycles. The van der Waals surface area contributed by atoms with Crippen molar-refractivity contribution in [2.75, 3.05) is 79.7 Å². The smallest absolute Gasteiger partial charge is 0.243 e. The SMILES string of the molecule is CC(C)NC(=NCC(=O)N(C)C)N1CCN(CC(=O)N2CCOCC2)CC1. The maximum atomic E-state index is 12.4. The molecule has 2 aliphatic heterocycles. The van der Waals surface area contributed by atoms with Crippen LogP contribution in [0.3, 0.4) is 0 Å². The number of ether oxygens (including phenoxy) is 1. The Bertz CT molecular complexity index is 523. The number of piperazine rings is 1. The van der Waals surface area contributed by atoms with Crippen LogP contribution in [0.5, 0.6) is 0 Å². The summed E-state index contributed by atoms with van der Waals surface area (Å²) < 4.78 is 5.31. The molecule has 0 aliphatic carbocycles. The van der Waals surface area contributed by atoms with Crippen LogP contribution in [0.2, 0.25) is 0 Å². The van der Waals surface area contributed by atoms with E-state index in [1.165, 1.54) is 0 Å². The van der Waals surface area contributed by atoms with Gasteiger partial charge < -0.3 is 24.8 Å². The maximum absolute atomic E-state index is 12.4. The van der Waals surface area contributed by atoms with Crippen LogP contribution in [0.4, 0.5) is 0 Å². The van der Waals surface area contributed by atoms with Gasteiger partial charge in [-0.2, -0.15) is 0 Å². The van der Waals surface area contributed by atoms with Crippen molar-refractivity contribution < 1.29 is 14.3 Å². The van der Waals surface area contributed by atoms with Crippen LogP contribution in [-0.4, -0.2) is 123 Å². The summed E-state index contributed by atoms with van der Waals surface area (Å²) in [4.78, 5) is 36.5. The molecule has 0 saturated carbocycles. The molecule has 0 unspecified atom stereocenters. The molecule has 9 nitrogen and oxygen atoms in total. The predicted molar refractivity (Wildman–Crippen MR) is 105 cm³/mol. The average molecular weight is 383 g/mol. The molecule has 2 saturated heterocycles. The average Bonchev–Trinajstić information content (AvgIpc) is 2.65. The van der Waals surface area contributed by atoms with Crippen LogP contribution >= 0.6 is 0 Å². The lowest BCUT2D eigenvalue weighted by molar-refractivity contribution is -0.136. The number of hydrogen-bond acceptors (Lipinski definition) is 5. The second-order valence-electron chi connectivity index (χ2n) is 7.48. The van der Waals surface area contributed by atoms with Gasteiger partial charge in [-0.25, -0.2) is 4.99 Å². The first-order valence-corrected chi connectivity index (χ1v) is 9.70.